The third-order valence-corrected chi connectivity index (χ3v) is 7.14. The average molecular weight is 420 g/mol. The van der Waals surface area contributed by atoms with Gasteiger partial charge < -0.3 is 10.2 Å². The van der Waals surface area contributed by atoms with E-state index in [9.17, 15) is 8.42 Å². The smallest absolute Gasteiger partial charge is 0.225 e. The predicted octanol–water partition coefficient (Wildman–Crippen LogP) is 3.24. The summed E-state index contributed by atoms with van der Waals surface area (Å²) in [5.74, 6) is 2.81. The number of hydrogen-bond acceptors (Lipinski definition) is 6. The fourth-order valence-electron chi connectivity index (χ4n) is 3.94. The summed E-state index contributed by atoms with van der Waals surface area (Å²) < 4.78 is 26.4. The highest BCUT2D eigenvalue weighted by molar-refractivity contribution is 7.89. The van der Waals surface area contributed by atoms with Crippen LogP contribution >= 0.6 is 0 Å². The van der Waals surface area contributed by atoms with Crippen LogP contribution in [-0.2, 0) is 10.0 Å². The largest absolute Gasteiger partial charge is 0.362 e. The highest BCUT2D eigenvalue weighted by Crippen LogP contribution is 2.29. The number of aromatic nitrogens is 2. The zero-order chi connectivity index (χ0) is 20.9. The maximum absolute atomic E-state index is 11.8. The lowest BCUT2D eigenvalue weighted by atomic mass is 9.82. The SMILES string of the molecule is CCCS(=O)(=O)NC[C@H]1CC[C@H](CNc2nc(N(C)C)c3ccccc3n2)CC1. The van der Waals surface area contributed by atoms with Crippen molar-refractivity contribution in [2.45, 2.75) is 39.0 Å². The normalized spacial score (nSPS) is 20.0. The number of para-hydroxylation sites is 1. The molecule has 1 saturated carbocycles. The molecule has 0 aliphatic heterocycles. The summed E-state index contributed by atoms with van der Waals surface area (Å²) in [6.07, 6.45) is 4.97. The molecule has 0 atom stereocenters. The molecule has 1 aromatic carbocycles. The van der Waals surface area contributed by atoms with E-state index in [1.165, 1.54) is 0 Å². The topological polar surface area (TPSA) is 87.2 Å². The first kappa shape index (κ1) is 21.8. The van der Waals surface area contributed by atoms with Gasteiger partial charge in [-0.1, -0.05) is 19.1 Å². The van der Waals surface area contributed by atoms with E-state index in [0.717, 1.165) is 48.9 Å². The monoisotopic (exact) mass is 419 g/mol. The van der Waals surface area contributed by atoms with E-state index in [2.05, 4.69) is 15.0 Å². The van der Waals surface area contributed by atoms with Crippen LogP contribution in [-0.4, -0.2) is 51.3 Å². The van der Waals surface area contributed by atoms with Crippen molar-refractivity contribution in [3.8, 4) is 0 Å². The van der Waals surface area contributed by atoms with E-state index >= 15 is 0 Å². The number of anilines is 2. The maximum atomic E-state index is 11.8. The number of fused-ring (bicyclic) bond motifs is 1. The zero-order valence-corrected chi connectivity index (χ0v) is 18.5. The lowest BCUT2D eigenvalue weighted by Gasteiger charge is -2.28. The van der Waals surface area contributed by atoms with Gasteiger partial charge in [0.25, 0.3) is 0 Å². The van der Waals surface area contributed by atoms with Crippen molar-refractivity contribution in [1.82, 2.24) is 14.7 Å². The number of nitrogens with one attached hydrogen (secondary N) is 2. The highest BCUT2D eigenvalue weighted by atomic mass is 32.2. The number of nitrogens with zero attached hydrogens (tertiary/aromatic N) is 3. The molecule has 1 heterocycles. The summed E-state index contributed by atoms with van der Waals surface area (Å²) in [7, 11) is 0.886. The Balaban J connectivity index is 1.52. The van der Waals surface area contributed by atoms with Crippen LogP contribution in [0.2, 0.25) is 0 Å². The van der Waals surface area contributed by atoms with Crippen molar-refractivity contribution in [3.05, 3.63) is 24.3 Å². The second-order valence-corrected chi connectivity index (χ2v) is 10.1. The summed E-state index contributed by atoms with van der Waals surface area (Å²) in [6.45, 7) is 3.31. The quantitative estimate of drug-likeness (QED) is 0.649. The minimum Gasteiger partial charge on any atom is -0.362 e. The first-order valence-corrected chi connectivity index (χ1v) is 12.2. The second-order valence-electron chi connectivity index (χ2n) is 8.22. The van der Waals surface area contributed by atoms with Gasteiger partial charge in [0, 0.05) is 32.6 Å². The summed E-state index contributed by atoms with van der Waals surface area (Å²) >= 11 is 0. The molecule has 3 rings (SSSR count). The first-order chi connectivity index (χ1) is 13.9. The lowest BCUT2D eigenvalue weighted by molar-refractivity contribution is 0.284. The average Bonchev–Trinajstić information content (AvgIpc) is 2.71. The zero-order valence-electron chi connectivity index (χ0n) is 17.7. The van der Waals surface area contributed by atoms with Gasteiger partial charge in [-0.3, -0.25) is 0 Å². The molecule has 0 radical (unpaired) electrons. The maximum Gasteiger partial charge on any atom is 0.225 e. The fourth-order valence-corrected chi connectivity index (χ4v) is 5.11. The van der Waals surface area contributed by atoms with Crippen molar-refractivity contribution in [1.29, 1.82) is 0 Å². The summed E-state index contributed by atoms with van der Waals surface area (Å²) in [5, 5.41) is 4.48. The lowest BCUT2D eigenvalue weighted by Crippen LogP contribution is -2.33. The Morgan fingerprint density at radius 2 is 1.69 bits per heavy atom. The van der Waals surface area contributed by atoms with Gasteiger partial charge in [0.15, 0.2) is 0 Å². The Labute approximate surface area is 174 Å². The minimum absolute atomic E-state index is 0.215. The summed E-state index contributed by atoms with van der Waals surface area (Å²) in [6, 6.07) is 8.06. The Morgan fingerprint density at radius 3 is 2.34 bits per heavy atom. The van der Waals surface area contributed by atoms with Crippen molar-refractivity contribution < 1.29 is 8.42 Å². The van der Waals surface area contributed by atoms with Gasteiger partial charge in [-0.2, -0.15) is 4.98 Å². The standard InChI is InChI=1S/C21H33N5O2S/c1-4-13-29(27,28)23-15-17-11-9-16(10-12-17)14-22-21-24-19-8-6-5-7-18(19)20(25-21)26(2)3/h5-8,16-17,23H,4,9-15H2,1-3H3,(H,22,24,25)/t16-,17-. The molecule has 1 aromatic heterocycles. The molecule has 0 spiro atoms. The van der Waals surface area contributed by atoms with Crippen LogP contribution < -0.4 is 14.9 Å². The van der Waals surface area contributed by atoms with E-state index in [1.807, 2.05) is 50.2 Å². The molecule has 160 valence electrons. The molecule has 8 heteroatoms. The molecule has 7 nitrogen and oxygen atoms in total. The van der Waals surface area contributed by atoms with Gasteiger partial charge >= 0.3 is 0 Å². The molecule has 1 fully saturated rings. The molecule has 1 aliphatic carbocycles. The van der Waals surface area contributed by atoms with Crippen LogP contribution in [0.25, 0.3) is 10.9 Å². The van der Waals surface area contributed by atoms with Crippen LogP contribution in [0.4, 0.5) is 11.8 Å². The van der Waals surface area contributed by atoms with Gasteiger partial charge in [-0.05, 0) is 56.1 Å². The molecule has 1 aliphatic rings. The third-order valence-electron chi connectivity index (χ3n) is 5.59. The molecular weight excluding hydrogens is 386 g/mol. The Morgan fingerprint density at radius 1 is 1.03 bits per heavy atom. The summed E-state index contributed by atoms with van der Waals surface area (Å²) in [5.41, 5.74) is 0.941. The molecule has 2 aromatic rings. The van der Waals surface area contributed by atoms with Crippen molar-refractivity contribution in [3.63, 3.8) is 0 Å². The van der Waals surface area contributed by atoms with Crippen LogP contribution in [0, 0.1) is 11.8 Å². The minimum atomic E-state index is -3.10. The second kappa shape index (κ2) is 9.71. The van der Waals surface area contributed by atoms with Crippen LogP contribution in [0.3, 0.4) is 0 Å². The summed E-state index contributed by atoms with van der Waals surface area (Å²) in [4.78, 5) is 11.4. The van der Waals surface area contributed by atoms with E-state index in [1.54, 1.807) is 0 Å². The predicted molar refractivity (Wildman–Crippen MR) is 120 cm³/mol. The van der Waals surface area contributed by atoms with Crippen LogP contribution in [0.5, 0.6) is 0 Å². The first-order valence-electron chi connectivity index (χ1n) is 10.5. The van der Waals surface area contributed by atoms with E-state index in [-0.39, 0.29) is 5.75 Å². The van der Waals surface area contributed by atoms with Crippen LogP contribution in [0.1, 0.15) is 39.0 Å². The Bertz CT molecular complexity index is 908. The molecule has 0 amide bonds. The van der Waals surface area contributed by atoms with Crippen molar-refractivity contribution in [2.24, 2.45) is 11.8 Å². The molecule has 0 saturated heterocycles. The Hall–Kier alpha value is -1.93. The number of benzene rings is 1. The van der Waals surface area contributed by atoms with E-state index in [0.29, 0.717) is 30.7 Å². The molecule has 2 N–H and O–H groups in total. The highest BCUT2D eigenvalue weighted by Gasteiger charge is 2.23. The van der Waals surface area contributed by atoms with E-state index in [4.69, 9.17) is 4.98 Å². The van der Waals surface area contributed by atoms with E-state index < -0.39 is 10.0 Å². The number of hydrogen-bond donors (Lipinski definition) is 2. The van der Waals surface area contributed by atoms with Gasteiger partial charge in [0.05, 0.1) is 11.3 Å². The Kier molecular flexibility index (Phi) is 7.29. The van der Waals surface area contributed by atoms with Gasteiger partial charge in [0.2, 0.25) is 16.0 Å². The van der Waals surface area contributed by atoms with Gasteiger partial charge in [0.1, 0.15) is 5.82 Å². The molecular formula is C21H33N5O2S. The number of sulfonamides is 1. The van der Waals surface area contributed by atoms with Crippen molar-refractivity contribution in [2.75, 3.05) is 43.2 Å². The van der Waals surface area contributed by atoms with Gasteiger partial charge in [-0.15, -0.1) is 0 Å². The molecule has 0 unspecified atom stereocenters. The fraction of sp³-hybridized carbons (Fsp3) is 0.619. The van der Waals surface area contributed by atoms with Gasteiger partial charge in [-0.25, -0.2) is 18.1 Å². The molecule has 29 heavy (non-hydrogen) atoms. The van der Waals surface area contributed by atoms with Crippen molar-refractivity contribution >= 4 is 32.7 Å². The third kappa shape index (κ3) is 6.02. The number of rotatable bonds is 9. The van der Waals surface area contributed by atoms with Crippen LogP contribution in [0.15, 0.2) is 24.3 Å². The molecule has 0 bridgehead atoms.